The van der Waals surface area contributed by atoms with Crippen LogP contribution in [0.2, 0.25) is 0 Å². The van der Waals surface area contributed by atoms with Crippen LogP contribution in [0, 0.1) is 5.82 Å². The van der Waals surface area contributed by atoms with Crippen molar-refractivity contribution in [2.75, 3.05) is 24.6 Å². The van der Waals surface area contributed by atoms with Gasteiger partial charge in [0.25, 0.3) is 0 Å². The summed E-state index contributed by atoms with van der Waals surface area (Å²) in [6.07, 6.45) is 13.3. The van der Waals surface area contributed by atoms with E-state index < -0.39 is 5.60 Å². The molecule has 1 aliphatic rings. The molecule has 0 fully saturated rings. The van der Waals surface area contributed by atoms with Crippen LogP contribution in [0.1, 0.15) is 43.1 Å². The van der Waals surface area contributed by atoms with Crippen LogP contribution in [0.4, 0.5) is 10.3 Å². The molecular formula is C29H29FN8O2. The number of nitrogens with zero attached hydrogens (tertiary/aromatic N) is 8. The highest BCUT2D eigenvalue weighted by Crippen LogP contribution is 2.31. The highest BCUT2D eigenvalue weighted by molar-refractivity contribution is 5.80. The zero-order valence-electron chi connectivity index (χ0n) is 22.2. The molecule has 0 amide bonds. The molecule has 1 unspecified atom stereocenters. The minimum atomic E-state index is -1.34. The Morgan fingerprint density at radius 1 is 1.00 bits per heavy atom. The second-order valence-corrected chi connectivity index (χ2v) is 10.2. The zero-order valence-corrected chi connectivity index (χ0v) is 22.2. The van der Waals surface area contributed by atoms with Crippen molar-refractivity contribution in [2.45, 2.75) is 31.9 Å². The lowest BCUT2D eigenvalue weighted by Crippen LogP contribution is -2.30. The Kier molecular flexibility index (Phi) is 6.60. The molecule has 2 N–H and O–H groups in total. The Balaban J connectivity index is 1.20. The molecule has 5 heterocycles. The van der Waals surface area contributed by atoms with Crippen molar-refractivity contribution in [1.29, 1.82) is 0 Å². The maximum absolute atomic E-state index is 13.3. The first-order chi connectivity index (χ1) is 19.3. The molecule has 11 heteroatoms. The van der Waals surface area contributed by atoms with E-state index in [1.54, 1.807) is 48.7 Å². The van der Waals surface area contributed by atoms with Gasteiger partial charge < -0.3 is 15.1 Å². The number of hydrogen-bond donors (Lipinski definition) is 2. The topological polar surface area (TPSA) is 117 Å². The summed E-state index contributed by atoms with van der Waals surface area (Å²) in [5.74, 6) is 0.213. The summed E-state index contributed by atoms with van der Waals surface area (Å²) in [5, 5.41) is 29.3. The molecule has 0 saturated heterocycles. The van der Waals surface area contributed by atoms with Crippen LogP contribution in [0.15, 0.2) is 73.7 Å². The van der Waals surface area contributed by atoms with Gasteiger partial charge in [-0.15, -0.1) is 0 Å². The van der Waals surface area contributed by atoms with E-state index in [0.717, 1.165) is 34.3 Å². The monoisotopic (exact) mass is 540 g/mol. The maximum Gasteiger partial charge on any atom is 0.225 e. The quantitative estimate of drug-likeness (QED) is 0.322. The van der Waals surface area contributed by atoms with Crippen LogP contribution in [0.25, 0.3) is 22.2 Å². The Morgan fingerprint density at radius 2 is 1.77 bits per heavy atom. The van der Waals surface area contributed by atoms with Crippen molar-refractivity contribution >= 4 is 17.0 Å². The first-order valence-electron chi connectivity index (χ1n) is 13.1. The van der Waals surface area contributed by atoms with E-state index in [1.165, 1.54) is 12.1 Å². The van der Waals surface area contributed by atoms with Crippen LogP contribution in [0.3, 0.4) is 0 Å². The number of aliphatic hydroxyl groups excluding tert-OH is 1. The standard InChI is InChI=1S/C29H29FN8O2/c1-19(17-39)37-16-22(12-34-37)21-11-26-27(33-18-35-38(26)15-21)20-7-9-36(10-8-20)28-31-13-24(14-32-28)29(2,40)23-3-5-25(30)6-4-23/h3-7,11-16,18-19,39-40H,8-10,17H2,1-2H3/t19-,29?/m0/s1. The molecule has 10 nitrogen and oxygen atoms in total. The summed E-state index contributed by atoms with van der Waals surface area (Å²) in [5.41, 5.74) is 4.57. The van der Waals surface area contributed by atoms with Crippen LogP contribution in [-0.4, -0.2) is 64.3 Å². The van der Waals surface area contributed by atoms with Crippen molar-refractivity contribution in [3.8, 4) is 11.1 Å². The number of fused-ring (bicyclic) bond motifs is 1. The van der Waals surface area contributed by atoms with E-state index in [9.17, 15) is 14.6 Å². The molecular weight excluding hydrogens is 511 g/mol. The molecule has 40 heavy (non-hydrogen) atoms. The largest absolute Gasteiger partial charge is 0.394 e. The molecule has 4 aromatic heterocycles. The molecule has 0 radical (unpaired) electrons. The van der Waals surface area contributed by atoms with Crippen LogP contribution < -0.4 is 4.90 Å². The van der Waals surface area contributed by atoms with Crippen LogP contribution in [-0.2, 0) is 5.60 Å². The van der Waals surface area contributed by atoms with E-state index in [4.69, 9.17) is 0 Å². The van der Waals surface area contributed by atoms with Gasteiger partial charge in [0.05, 0.1) is 30.1 Å². The summed E-state index contributed by atoms with van der Waals surface area (Å²) in [6, 6.07) is 7.72. The highest BCUT2D eigenvalue weighted by Gasteiger charge is 2.27. The highest BCUT2D eigenvalue weighted by atomic mass is 19.1. The second-order valence-electron chi connectivity index (χ2n) is 10.2. The molecule has 0 saturated carbocycles. The number of rotatable bonds is 7. The lowest BCUT2D eigenvalue weighted by molar-refractivity contribution is 0.101. The number of aromatic nitrogens is 7. The van der Waals surface area contributed by atoms with E-state index in [1.807, 2.05) is 23.8 Å². The van der Waals surface area contributed by atoms with Crippen molar-refractivity contribution in [3.63, 3.8) is 0 Å². The van der Waals surface area contributed by atoms with Crippen molar-refractivity contribution in [1.82, 2.24) is 34.3 Å². The van der Waals surface area contributed by atoms with E-state index in [-0.39, 0.29) is 18.5 Å². The number of aliphatic hydroxyl groups is 2. The van der Waals surface area contributed by atoms with Gasteiger partial charge in [-0.1, -0.05) is 18.2 Å². The number of halogens is 1. The Labute approximate surface area is 230 Å². The first-order valence-corrected chi connectivity index (χ1v) is 13.1. The van der Waals surface area contributed by atoms with Gasteiger partial charge in [-0.25, -0.2) is 23.9 Å². The van der Waals surface area contributed by atoms with E-state index >= 15 is 0 Å². The average Bonchev–Trinajstić information content (AvgIpc) is 3.65. The Hall–Kier alpha value is -4.48. The molecule has 204 valence electrons. The average molecular weight is 541 g/mol. The molecule has 6 rings (SSSR count). The lowest BCUT2D eigenvalue weighted by atomic mass is 9.90. The smallest absolute Gasteiger partial charge is 0.225 e. The Bertz CT molecular complexity index is 1670. The molecule has 0 spiro atoms. The third-order valence-corrected chi connectivity index (χ3v) is 7.46. The fourth-order valence-electron chi connectivity index (χ4n) is 4.89. The van der Waals surface area contributed by atoms with Gasteiger partial charge in [-0.05, 0) is 49.6 Å². The lowest BCUT2D eigenvalue weighted by Gasteiger charge is -2.28. The molecule has 0 bridgehead atoms. The predicted molar refractivity (Wildman–Crippen MR) is 148 cm³/mol. The van der Waals surface area contributed by atoms with Crippen LogP contribution in [0.5, 0.6) is 0 Å². The summed E-state index contributed by atoms with van der Waals surface area (Å²) in [6.45, 7) is 4.89. The minimum absolute atomic E-state index is 0.0195. The summed E-state index contributed by atoms with van der Waals surface area (Å²) >= 11 is 0. The summed E-state index contributed by atoms with van der Waals surface area (Å²) < 4.78 is 16.9. The van der Waals surface area contributed by atoms with Crippen molar-refractivity contribution < 1.29 is 14.6 Å². The second kappa shape index (κ2) is 10.2. The van der Waals surface area contributed by atoms with E-state index in [2.05, 4.69) is 42.2 Å². The fraction of sp³-hybridized carbons (Fsp3) is 0.276. The maximum atomic E-state index is 13.3. The Morgan fingerprint density at radius 3 is 2.48 bits per heavy atom. The number of anilines is 1. The van der Waals surface area contributed by atoms with Crippen LogP contribution >= 0.6 is 0 Å². The number of hydrogen-bond acceptors (Lipinski definition) is 8. The zero-order chi connectivity index (χ0) is 27.9. The van der Waals surface area contributed by atoms with Gasteiger partial charge in [-0.2, -0.15) is 10.2 Å². The van der Waals surface area contributed by atoms with Gasteiger partial charge in [0.1, 0.15) is 17.7 Å². The van der Waals surface area contributed by atoms with Gasteiger partial charge in [-0.3, -0.25) is 4.68 Å². The van der Waals surface area contributed by atoms with Crippen molar-refractivity contribution in [2.24, 2.45) is 0 Å². The molecule has 2 atom stereocenters. The summed E-state index contributed by atoms with van der Waals surface area (Å²) in [7, 11) is 0. The molecule has 5 aromatic rings. The third-order valence-electron chi connectivity index (χ3n) is 7.46. The van der Waals surface area contributed by atoms with Crippen molar-refractivity contribution in [3.05, 3.63) is 96.4 Å². The normalized spacial score (nSPS) is 16.1. The van der Waals surface area contributed by atoms with E-state index in [0.29, 0.717) is 30.2 Å². The first kappa shape index (κ1) is 25.8. The van der Waals surface area contributed by atoms with Gasteiger partial charge in [0, 0.05) is 54.6 Å². The fourth-order valence-corrected chi connectivity index (χ4v) is 4.89. The van der Waals surface area contributed by atoms with Gasteiger partial charge in [0.15, 0.2) is 0 Å². The minimum Gasteiger partial charge on any atom is -0.394 e. The SMILES string of the molecule is C[C@@H](CO)n1cc(-c2cc3c(C4=CCN(c5ncc(C(C)(O)c6ccc(F)cc6)cn5)CC4)ncnn3c2)cn1. The predicted octanol–water partition coefficient (Wildman–Crippen LogP) is 3.62. The molecule has 0 aliphatic carbocycles. The van der Waals surface area contributed by atoms with Gasteiger partial charge in [0.2, 0.25) is 5.95 Å². The van der Waals surface area contributed by atoms with Gasteiger partial charge >= 0.3 is 0 Å². The molecule has 1 aliphatic heterocycles. The molecule has 1 aromatic carbocycles. The number of benzene rings is 1. The summed E-state index contributed by atoms with van der Waals surface area (Å²) in [4.78, 5) is 15.7. The third kappa shape index (κ3) is 4.74.